The molecule has 1 amide bonds. The van der Waals surface area contributed by atoms with Gasteiger partial charge in [0.1, 0.15) is 22.2 Å². The molecule has 1 aliphatic heterocycles. The Balaban J connectivity index is 1.98. The number of hydrogen-bond acceptors (Lipinski definition) is 7. The van der Waals surface area contributed by atoms with Crippen molar-refractivity contribution < 1.29 is 4.79 Å². The molecule has 1 unspecified atom stereocenters. The number of nitrogens with two attached hydrogens (primary N) is 1. The summed E-state index contributed by atoms with van der Waals surface area (Å²) in [4.78, 5) is 25.1. The lowest BCUT2D eigenvalue weighted by molar-refractivity contribution is -0.117. The van der Waals surface area contributed by atoms with Gasteiger partial charge in [0.2, 0.25) is 11.6 Å². The number of pyridine rings is 1. The summed E-state index contributed by atoms with van der Waals surface area (Å²) in [7, 11) is 1.92. The highest BCUT2D eigenvalue weighted by atomic mass is 32.2. The zero-order chi connectivity index (χ0) is 23.8. The Morgan fingerprint density at radius 2 is 2.09 bits per heavy atom. The summed E-state index contributed by atoms with van der Waals surface area (Å²) in [6, 6.07) is 11.5. The third kappa shape index (κ3) is 5.82. The lowest BCUT2D eigenvalue weighted by Crippen LogP contribution is -2.46. The van der Waals surface area contributed by atoms with Crippen molar-refractivity contribution in [3.05, 3.63) is 58.4 Å². The van der Waals surface area contributed by atoms with Crippen LogP contribution in [0.2, 0.25) is 0 Å². The highest BCUT2D eigenvalue weighted by molar-refractivity contribution is 8.00. The Bertz CT molecular complexity index is 1060. The number of primary amides is 1. The van der Waals surface area contributed by atoms with Gasteiger partial charge >= 0.3 is 0 Å². The van der Waals surface area contributed by atoms with E-state index in [2.05, 4.69) is 21.1 Å². The molecule has 1 aliphatic rings. The lowest BCUT2D eigenvalue weighted by atomic mass is 10.1. The second-order valence-electron chi connectivity index (χ2n) is 7.84. The van der Waals surface area contributed by atoms with Gasteiger partial charge in [-0.15, -0.1) is 0 Å². The molecule has 8 nitrogen and oxygen atoms in total. The first kappa shape index (κ1) is 24.5. The summed E-state index contributed by atoms with van der Waals surface area (Å²) in [5.41, 5.74) is 7.87. The molecule has 172 valence electrons. The number of anilines is 1. The van der Waals surface area contributed by atoms with Gasteiger partial charge in [-0.3, -0.25) is 9.69 Å². The summed E-state index contributed by atoms with van der Waals surface area (Å²) in [6.45, 7) is 15.2. The summed E-state index contributed by atoms with van der Waals surface area (Å²) >= 11 is 1.17. The summed E-state index contributed by atoms with van der Waals surface area (Å²) < 4.78 is 0. The minimum atomic E-state index is -0.687. The van der Waals surface area contributed by atoms with E-state index in [1.54, 1.807) is 0 Å². The van der Waals surface area contributed by atoms with Crippen LogP contribution in [0.3, 0.4) is 0 Å². The van der Waals surface area contributed by atoms with E-state index in [4.69, 9.17) is 17.3 Å². The fourth-order valence-electron chi connectivity index (χ4n) is 3.88. The molecule has 3 N–H and O–H groups in total. The molecular formula is C24H29N7OS. The Kier molecular flexibility index (Phi) is 8.67. The fraction of sp³-hybridized carbons (Fsp3) is 0.417. The molecule has 2 heterocycles. The zero-order valence-electron chi connectivity index (χ0n) is 19.0. The van der Waals surface area contributed by atoms with Gasteiger partial charge in [-0.2, -0.15) is 5.26 Å². The van der Waals surface area contributed by atoms with Crippen LogP contribution in [0.4, 0.5) is 11.5 Å². The predicted octanol–water partition coefficient (Wildman–Crippen LogP) is 2.73. The number of nitriles is 1. The average molecular weight is 464 g/mol. The van der Waals surface area contributed by atoms with Gasteiger partial charge < -0.3 is 16.0 Å². The van der Waals surface area contributed by atoms with Crippen LogP contribution in [0.25, 0.3) is 4.85 Å². The first-order valence-electron chi connectivity index (χ1n) is 11.0. The molecule has 2 aromatic rings. The Morgan fingerprint density at radius 1 is 1.39 bits per heavy atom. The number of benzene rings is 1. The number of thioether (sulfide) groups is 1. The Labute approximate surface area is 199 Å². The number of nitrogens with one attached hydrogen (secondary N) is 1. The van der Waals surface area contributed by atoms with E-state index in [0.29, 0.717) is 40.6 Å². The van der Waals surface area contributed by atoms with E-state index in [-0.39, 0.29) is 0 Å². The number of amides is 1. The second kappa shape index (κ2) is 11.7. The number of hydrogen-bond donors (Lipinski definition) is 2. The summed E-state index contributed by atoms with van der Waals surface area (Å²) in [5, 5.41) is 13.0. The predicted molar refractivity (Wildman–Crippen MR) is 131 cm³/mol. The number of carbonyl (C=O) groups is 1. The van der Waals surface area contributed by atoms with Crippen molar-refractivity contribution in [1.29, 1.82) is 5.26 Å². The first-order chi connectivity index (χ1) is 16.0. The van der Waals surface area contributed by atoms with Gasteiger partial charge in [0.05, 0.1) is 12.1 Å². The van der Waals surface area contributed by atoms with Gasteiger partial charge in [0, 0.05) is 46.3 Å². The number of nitrogens with zero attached hydrogens (tertiary/aromatic N) is 5. The molecule has 0 aliphatic carbocycles. The van der Waals surface area contributed by atoms with Crippen molar-refractivity contribution >= 4 is 29.2 Å². The number of piperazine rings is 1. The van der Waals surface area contributed by atoms with Crippen LogP contribution in [0.5, 0.6) is 0 Å². The van der Waals surface area contributed by atoms with Crippen molar-refractivity contribution in [3.63, 3.8) is 0 Å². The van der Waals surface area contributed by atoms with E-state index in [1.165, 1.54) is 11.8 Å². The van der Waals surface area contributed by atoms with Crippen LogP contribution in [-0.2, 0) is 11.2 Å². The topological polar surface area (TPSA) is 103 Å². The van der Waals surface area contributed by atoms with Crippen LogP contribution in [0.15, 0.2) is 35.4 Å². The molecule has 0 spiro atoms. The largest absolute Gasteiger partial charge is 0.368 e. The molecule has 1 aromatic carbocycles. The van der Waals surface area contributed by atoms with Crippen LogP contribution < -0.4 is 16.0 Å². The summed E-state index contributed by atoms with van der Waals surface area (Å²) in [5.74, 6) is 0.0348. The quantitative estimate of drug-likeness (QED) is 0.435. The van der Waals surface area contributed by atoms with Gasteiger partial charge in [0.15, 0.2) is 0 Å². The number of aromatic nitrogens is 1. The van der Waals surface area contributed by atoms with Crippen molar-refractivity contribution in [2.75, 3.05) is 51.2 Å². The minimum absolute atomic E-state index is 0.343. The molecule has 1 aromatic heterocycles. The monoisotopic (exact) mass is 463 g/mol. The van der Waals surface area contributed by atoms with E-state index in [1.807, 2.05) is 49.2 Å². The van der Waals surface area contributed by atoms with Crippen LogP contribution >= 0.6 is 11.8 Å². The molecule has 0 radical (unpaired) electrons. The maximum absolute atomic E-state index is 12.3. The molecule has 3 rings (SSSR count). The molecule has 1 atom stereocenters. The molecule has 1 saturated heterocycles. The Hall–Kier alpha value is -3.11. The molecule has 0 saturated carbocycles. The molecular weight excluding hydrogens is 434 g/mol. The third-order valence-electron chi connectivity index (χ3n) is 5.71. The van der Waals surface area contributed by atoms with E-state index < -0.39 is 11.2 Å². The van der Waals surface area contributed by atoms with Crippen LogP contribution in [0.1, 0.15) is 28.9 Å². The summed E-state index contributed by atoms with van der Waals surface area (Å²) in [6.07, 6.45) is 0.516. The van der Waals surface area contributed by atoms with Gasteiger partial charge in [-0.1, -0.05) is 49.0 Å². The maximum Gasteiger partial charge on any atom is 0.235 e. The van der Waals surface area contributed by atoms with Crippen molar-refractivity contribution in [2.45, 2.75) is 23.6 Å². The Morgan fingerprint density at radius 3 is 2.67 bits per heavy atom. The van der Waals surface area contributed by atoms with Crippen molar-refractivity contribution in [2.24, 2.45) is 5.73 Å². The number of rotatable bonds is 9. The highest BCUT2D eigenvalue weighted by Crippen LogP contribution is 2.42. The highest BCUT2D eigenvalue weighted by Gasteiger charge is 2.26. The molecule has 1 fully saturated rings. The van der Waals surface area contributed by atoms with E-state index in [0.717, 1.165) is 38.3 Å². The van der Waals surface area contributed by atoms with E-state index in [9.17, 15) is 10.1 Å². The molecule has 33 heavy (non-hydrogen) atoms. The van der Waals surface area contributed by atoms with Gasteiger partial charge in [-0.05, 0) is 17.5 Å². The molecule has 0 bridgehead atoms. The zero-order valence-corrected chi connectivity index (χ0v) is 19.9. The fourth-order valence-corrected chi connectivity index (χ4v) is 4.94. The van der Waals surface area contributed by atoms with E-state index >= 15 is 0 Å². The third-order valence-corrected chi connectivity index (χ3v) is 6.97. The minimum Gasteiger partial charge on any atom is -0.368 e. The average Bonchev–Trinajstić information content (AvgIpc) is 2.85. The lowest BCUT2D eigenvalue weighted by Gasteiger charge is -2.30. The van der Waals surface area contributed by atoms with Crippen molar-refractivity contribution in [1.82, 2.24) is 15.2 Å². The van der Waals surface area contributed by atoms with Crippen molar-refractivity contribution in [3.8, 4) is 6.07 Å². The smallest absolute Gasteiger partial charge is 0.235 e. The number of likely N-dealkylation sites (N-methyl/N-ethyl adjacent to an activating group) is 1. The second-order valence-corrected chi connectivity index (χ2v) is 8.94. The normalized spacial score (nSPS) is 14.8. The van der Waals surface area contributed by atoms with Gasteiger partial charge in [0.25, 0.3) is 0 Å². The van der Waals surface area contributed by atoms with Crippen LogP contribution in [-0.4, -0.2) is 62.1 Å². The number of carbonyl (C=O) groups excluding carboxylic acids is 1. The first-order valence-corrected chi connectivity index (χ1v) is 11.9. The van der Waals surface area contributed by atoms with Gasteiger partial charge in [-0.25, -0.2) is 9.83 Å². The van der Waals surface area contributed by atoms with Crippen LogP contribution in [0, 0.1) is 17.9 Å². The SMILES string of the molecule is [C-]#[N+]c1c(N(C)CCN2CCNCC2)nc(SC(C(N)=O)c2ccccc2)c(C#N)c1CC. The maximum atomic E-state index is 12.3. The molecule has 9 heteroatoms. The standard InChI is InChI=1S/C24H29N7OS/c1-4-18-19(16-25)24(33-21(22(26)32)17-8-6-5-7-9-17)29-23(20(18)27-2)30(3)14-15-31-12-10-28-11-13-31/h5-9,21,28H,4,10-15H2,1,3H3,(H2,26,32).